The number of ether oxygens (including phenoxy) is 2. The Morgan fingerprint density at radius 3 is 2.87 bits per heavy atom. The lowest BCUT2D eigenvalue weighted by Gasteiger charge is -2.07. The molecule has 1 aromatic rings. The zero-order chi connectivity index (χ0) is 16.7. The maximum Gasteiger partial charge on any atom is 0.246 e. The van der Waals surface area contributed by atoms with Crippen LogP contribution in [0.15, 0.2) is 23.8 Å². The number of benzene rings is 1. The third-order valence-electron chi connectivity index (χ3n) is 3.72. The van der Waals surface area contributed by atoms with Gasteiger partial charge in [0.05, 0.1) is 7.11 Å². The summed E-state index contributed by atoms with van der Waals surface area (Å²) in [4.78, 5) is 12.0. The minimum atomic E-state index is -0.442. The van der Waals surface area contributed by atoms with Gasteiger partial charge in [-0.25, -0.2) is 4.39 Å². The maximum absolute atomic E-state index is 13.6. The molecule has 23 heavy (non-hydrogen) atoms. The monoisotopic (exact) mass is 321 g/mol. The average Bonchev–Trinajstić information content (AvgIpc) is 3.35. The first kappa shape index (κ1) is 17.5. The molecule has 0 aliphatic heterocycles. The molecule has 0 unspecified atom stereocenters. The van der Waals surface area contributed by atoms with Crippen LogP contribution in [0.25, 0.3) is 6.08 Å². The number of amides is 1. The molecule has 1 saturated carbocycles. The summed E-state index contributed by atoms with van der Waals surface area (Å²) in [5.41, 5.74) is 1.16. The second-order valence-electron chi connectivity index (χ2n) is 5.85. The van der Waals surface area contributed by atoms with E-state index in [0.29, 0.717) is 24.3 Å². The van der Waals surface area contributed by atoms with Gasteiger partial charge in [0, 0.05) is 25.3 Å². The fraction of sp³-hybridized carbons (Fsp3) is 0.500. The van der Waals surface area contributed by atoms with Gasteiger partial charge in [0.25, 0.3) is 0 Å². The van der Waals surface area contributed by atoms with Crippen molar-refractivity contribution >= 4 is 12.0 Å². The fourth-order valence-corrected chi connectivity index (χ4v) is 2.14. The van der Waals surface area contributed by atoms with Gasteiger partial charge in [-0.3, -0.25) is 4.79 Å². The van der Waals surface area contributed by atoms with Crippen molar-refractivity contribution in [3.05, 3.63) is 35.2 Å². The van der Waals surface area contributed by atoms with Crippen molar-refractivity contribution in [2.75, 3.05) is 26.9 Å². The molecule has 1 fully saturated rings. The van der Waals surface area contributed by atoms with E-state index in [1.54, 1.807) is 25.1 Å². The molecular formula is C18H24FNO3. The van der Waals surface area contributed by atoms with Gasteiger partial charge in [0.2, 0.25) is 5.91 Å². The first-order valence-electron chi connectivity index (χ1n) is 7.98. The molecule has 1 amide bonds. The SMILES string of the molecule is COc1ccc(/C=C(\C)C(=O)NCCCOCC2CC2)cc1F. The average molecular weight is 321 g/mol. The van der Waals surface area contributed by atoms with Crippen LogP contribution in [0, 0.1) is 11.7 Å². The van der Waals surface area contributed by atoms with Crippen LogP contribution in [0.2, 0.25) is 0 Å². The second-order valence-corrected chi connectivity index (χ2v) is 5.85. The van der Waals surface area contributed by atoms with Gasteiger partial charge in [-0.1, -0.05) is 6.07 Å². The highest BCUT2D eigenvalue weighted by Crippen LogP contribution is 2.28. The van der Waals surface area contributed by atoms with Crippen LogP contribution in [-0.2, 0) is 9.53 Å². The highest BCUT2D eigenvalue weighted by Gasteiger charge is 2.20. The van der Waals surface area contributed by atoms with Crippen LogP contribution in [0.4, 0.5) is 4.39 Å². The number of rotatable bonds is 9. The number of methoxy groups -OCH3 is 1. The predicted molar refractivity (Wildman–Crippen MR) is 87.8 cm³/mol. The third-order valence-corrected chi connectivity index (χ3v) is 3.72. The van der Waals surface area contributed by atoms with Gasteiger partial charge < -0.3 is 14.8 Å². The number of carbonyl (C=O) groups excluding carboxylic acids is 1. The Morgan fingerprint density at radius 2 is 2.22 bits per heavy atom. The molecule has 1 N–H and O–H groups in total. The summed E-state index contributed by atoms with van der Waals surface area (Å²) in [5, 5.41) is 2.84. The van der Waals surface area contributed by atoms with Crippen molar-refractivity contribution in [2.24, 2.45) is 5.92 Å². The first-order valence-corrected chi connectivity index (χ1v) is 7.98. The lowest BCUT2D eigenvalue weighted by atomic mass is 10.1. The Balaban J connectivity index is 1.73. The molecular weight excluding hydrogens is 297 g/mol. The highest BCUT2D eigenvalue weighted by molar-refractivity contribution is 5.97. The van der Waals surface area contributed by atoms with Crippen LogP contribution < -0.4 is 10.1 Å². The quantitative estimate of drug-likeness (QED) is 0.561. The van der Waals surface area contributed by atoms with Crippen molar-refractivity contribution in [1.82, 2.24) is 5.32 Å². The van der Waals surface area contributed by atoms with E-state index in [0.717, 1.165) is 18.9 Å². The molecule has 1 aromatic carbocycles. The van der Waals surface area contributed by atoms with Crippen molar-refractivity contribution in [2.45, 2.75) is 26.2 Å². The molecule has 0 radical (unpaired) electrons. The normalized spacial score (nSPS) is 14.7. The molecule has 0 spiro atoms. The van der Waals surface area contributed by atoms with Crippen LogP contribution in [0.3, 0.4) is 0 Å². The maximum atomic E-state index is 13.6. The molecule has 2 rings (SSSR count). The van der Waals surface area contributed by atoms with E-state index in [1.165, 1.54) is 26.0 Å². The summed E-state index contributed by atoms with van der Waals surface area (Å²) in [6, 6.07) is 4.61. The van der Waals surface area contributed by atoms with E-state index in [1.807, 2.05) is 0 Å². The summed E-state index contributed by atoms with van der Waals surface area (Å²) in [6.07, 6.45) is 5.02. The molecule has 0 heterocycles. The summed E-state index contributed by atoms with van der Waals surface area (Å²) in [7, 11) is 1.42. The molecule has 126 valence electrons. The summed E-state index contributed by atoms with van der Waals surface area (Å²) < 4.78 is 24.0. The molecule has 5 heteroatoms. The molecule has 0 bridgehead atoms. The van der Waals surface area contributed by atoms with E-state index < -0.39 is 5.82 Å². The smallest absolute Gasteiger partial charge is 0.246 e. The van der Waals surface area contributed by atoms with Crippen molar-refractivity contribution in [3.8, 4) is 5.75 Å². The zero-order valence-corrected chi connectivity index (χ0v) is 13.7. The number of halogens is 1. The molecule has 4 nitrogen and oxygen atoms in total. The van der Waals surface area contributed by atoms with Crippen LogP contribution in [0.1, 0.15) is 31.7 Å². The standard InChI is InChI=1S/C18H24FNO3/c1-13(10-15-6-7-17(22-2)16(19)11-15)18(21)20-8-3-9-23-12-14-4-5-14/h6-7,10-11,14H,3-5,8-9,12H2,1-2H3,(H,20,21)/b13-10+. The molecule has 1 aliphatic rings. The summed E-state index contributed by atoms with van der Waals surface area (Å²) in [5.74, 6) is 0.362. The van der Waals surface area contributed by atoms with Gasteiger partial charge in [-0.15, -0.1) is 0 Å². The second kappa shape index (κ2) is 8.67. The predicted octanol–water partition coefficient (Wildman–Crippen LogP) is 3.17. The van der Waals surface area contributed by atoms with E-state index >= 15 is 0 Å². The Kier molecular flexibility index (Phi) is 6.59. The van der Waals surface area contributed by atoms with Gasteiger partial charge in [0.15, 0.2) is 11.6 Å². The molecule has 1 aliphatic carbocycles. The van der Waals surface area contributed by atoms with Gasteiger partial charge in [0.1, 0.15) is 0 Å². The summed E-state index contributed by atoms with van der Waals surface area (Å²) >= 11 is 0. The van der Waals surface area contributed by atoms with Crippen LogP contribution >= 0.6 is 0 Å². The van der Waals surface area contributed by atoms with E-state index in [4.69, 9.17) is 9.47 Å². The molecule has 0 aromatic heterocycles. The van der Waals surface area contributed by atoms with Crippen molar-refractivity contribution < 1.29 is 18.7 Å². The minimum Gasteiger partial charge on any atom is -0.494 e. The topological polar surface area (TPSA) is 47.6 Å². The van der Waals surface area contributed by atoms with Crippen molar-refractivity contribution in [1.29, 1.82) is 0 Å². The van der Waals surface area contributed by atoms with Gasteiger partial charge in [-0.2, -0.15) is 0 Å². The third kappa shape index (κ3) is 6.02. The van der Waals surface area contributed by atoms with E-state index in [9.17, 15) is 9.18 Å². The highest BCUT2D eigenvalue weighted by atomic mass is 19.1. The van der Waals surface area contributed by atoms with E-state index in [2.05, 4.69) is 5.32 Å². The van der Waals surface area contributed by atoms with Gasteiger partial charge >= 0.3 is 0 Å². The lowest BCUT2D eigenvalue weighted by molar-refractivity contribution is -0.117. The number of carbonyl (C=O) groups is 1. The minimum absolute atomic E-state index is 0.150. The number of hydrogen-bond acceptors (Lipinski definition) is 3. The van der Waals surface area contributed by atoms with E-state index in [-0.39, 0.29) is 11.7 Å². The largest absolute Gasteiger partial charge is 0.494 e. The van der Waals surface area contributed by atoms with Gasteiger partial charge in [-0.05, 0) is 55.9 Å². The van der Waals surface area contributed by atoms with Crippen LogP contribution in [0.5, 0.6) is 5.75 Å². The number of hydrogen-bond donors (Lipinski definition) is 1. The summed E-state index contributed by atoms with van der Waals surface area (Å²) in [6.45, 7) is 3.80. The molecule has 0 atom stereocenters. The molecule has 0 saturated heterocycles. The zero-order valence-electron chi connectivity index (χ0n) is 13.7. The number of nitrogens with one attached hydrogen (secondary N) is 1. The van der Waals surface area contributed by atoms with Crippen LogP contribution in [-0.4, -0.2) is 32.8 Å². The Hall–Kier alpha value is -1.88. The fourth-order valence-electron chi connectivity index (χ4n) is 2.14. The first-order chi connectivity index (χ1) is 11.1. The lowest BCUT2D eigenvalue weighted by Crippen LogP contribution is -2.25. The Morgan fingerprint density at radius 1 is 1.43 bits per heavy atom. The van der Waals surface area contributed by atoms with Crippen molar-refractivity contribution in [3.63, 3.8) is 0 Å². The Labute approximate surface area is 136 Å². The Bertz CT molecular complexity index is 567.